The van der Waals surface area contributed by atoms with Crippen LogP contribution in [-0.2, 0) is 6.54 Å². The summed E-state index contributed by atoms with van der Waals surface area (Å²) in [6.45, 7) is 2.90. The number of unbranched alkanes of at least 4 members (excludes halogenated alkanes) is 7. The van der Waals surface area contributed by atoms with Crippen LogP contribution in [-0.4, -0.2) is 15.7 Å². The van der Waals surface area contributed by atoms with Crippen molar-refractivity contribution in [3.8, 4) is 11.3 Å². The van der Waals surface area contributed by atoms with Gasteiger partial charge in [0.25, 0.3) is 5.91 Å². The number of nitrogen functional groups attached to an aromatic ring is 1. The fourth-order valence-corrected chi connectivity index (χ4v) is 3.80. The Kier molecular flexibility index (Phi) is 8.64. The molecule has 0 radical (unpaired) electrons. The topological polar surface area (TPSA) is 86.9 Å². The molecule has 0 bridgehead atoms. The summed E-state index contributed by atoms with van der Waals surface area (Å²) < 4.78 is 2.62. The molecule has 148 valence electrons. The Balaban J connectivity index is 2.12. The van der Waals surface area contributed by atoms with E-state index in [1.807, 2.05) is 12.1 Å². The molecule has 1 aromatic heterocycles. The summed E-state index contributed by atoms with van der Waals surface area (Å²) in [4.78, 5) is 12.0. The van der Waals surface area contributed by atoms with Crippen molar-refractivity contribution < 1.29 is 4.79 Å². The van der Waals surface area contributed by atoms with Crippen LogP contribution in [0.5, 0.6) is 0 Å². The molecule has 5 nitrogen and oxygen atoms in total. The van der Waals surface area contributed by atoms with E-state index in [4.69, 9.17) is 23.1 Å². The van der Waals surface area contributed by atoms with Crippen molar-refractivity contribution in [2.24, 2.45) is 5.73 Å². The van der Waals surface area contributed by atoms with Gasteiger partial charge in [0.2, 0.25) is 0 Å². The number of aryl methyl sites for hydroxylation is 1. The maximum atomic E-state index is 12.0. The average Bonchev–Trinajstić information content (AvgIpc) is 2.95. The fourth-order valence-electron chi connectivity index (χ4n) is 3.23. The molecule has 0 aliphatic carbocycles. The molecule has 27 heavy (non-hydrogen) atoms. The smallest absolute Gasteiger partial charge is 0.254 e. The lowest BCUT2D eigenvalue weighted by Crippen LogP contribution is -2.14. The van der Waals surface area contributed by atoms with Crippen LogP contribution in [0, 0.1) is 0 Å². The Bertz CT molecular complexity index is 776. The van der Waals surface area contributed by atoms with E-state index in [1.54, 1.807) is 10.7 Å². The van der Waals surface area contributed by atoms with Crippen molar-refractivity contribution in [2.75, 3.05) is 5.73 Å². The number of benzene rings is 1. The van der Waals surface area contributed by atoms with E-state index in [2.05, 4.69) is 28.0 Å². The summed E-state index contributed by atoms with van der Waals surface area (Å²) in [5.41, 5.74) is 13.1. The Labute approximate surface area is 174 Å². The second-order valence-corrected chi connectivity index (χ2v) is 8.12. The highest BCUT2D eigenvalue weighted by Gasteiger charge is 2.23. The third kappa shape index (κ3) is 5.98. The van der Waals surface area contributed by atoms with E-state index < -0.39 is 5.91 Å². The van der Waals surface area contributed by atoms with Crippen molar-refractivity contribution in [3.05, 3.63) is 33.3 Å². The van der Waals surface area contributed by atoms with E-state index in [1.165, 1.54) is 38.5 Å². The van der Waals surface area contributed by atoms with Crippen LogP contribution < -0.4 is 11.5 Å². The maximum Gasteiger partial charge on any atom is 0.254 e. The molecule has 0 unspecified atom stereocenters. The first-order valence-corrected chi connectivity index (χ1v) is 10.7. The lowest BCUT2D eigenvalue weighted by Gasteiger charge is -2.11. The van der Waals surface area contributed by atoms with Gasteiger partial charge in [0.15, 0.2) is 5.82 Å². The first-order chi connectivity index (χ1) is 13.0. The molecule has 7 heteroatoms. The molecule has 1 heterocycles. The number of halogens is 2. The molecule has 0 fully saturated rings. The minimum absolute atomic E-state index is 0.146. The van der Waals surface area contributed by atoms with Crippen molar-refractivity contribution >= 4 is 39.3 Å². The molecule has 0 aliphatic rings. The van der Waals surface area contributed by atoms with Gasteiger partial charge >= 0.3 is 0 Å². The molecule has 4 N–H and O–H groups in total. The summed E-state index contributed by atoms with van der Waals surface area (Å²) in [6.07, 6.45) is 9.75. The van der Waals surface area contributed by atoms with Crippen LogP contribution in [0.15, 0.2) is 22.7 Å². The zero-order chi connectivity index (χ0) is 19.8. The third-order valence-corrected chi connectivity index (χ3v) is 5.46. The van der Waals surface area contributed by atoms with Gasteiger partial charge in [-0.25, -0.2) is 0 Å². The van der Waals surface area contributed by atoms with Gasteiger partial charge in [-0.15, -0.1) is 0 Å². The minimum Gasteiger partial charge on any atom is -0.382 e. The van der Waals surface area contributed by atoms with Crippen molar-refractivity contribution in [2.45, 2.75) is 64.8 Å². The number of amides is 1. The lowest BCUT2D eigenvalue weighted by atomic mass is 10.1. The van der Waals surface area contributed by atoms with Crippen molar-refractivity contribution in [3.63, 3.8) is 0 Å². The molecule has 0 aliphatic heterocycles. The van der Waals surface area contributed by atoms with Gasteiger partial charge in [-0.2, -0.15) is 5.10 Å². The first-order valence-electron chi connectivity index (χ1n) is 9.57. The van der Waals surface area contributed by atoms with Crippen LogP contribution in [0.4, 0.5) is 5.82 Å². The van der Waals surface area contributed by atoms with Crippen LogP contribution >= 0.6 is 27.5 Å². The van der Waals surface area contributed by atoms with Crippen molar-refractivity contribution in [1.82, 2.24) is 9.78 Å². The number of hydrogen-bond donors (Lipinski definition) is 2. The van der Waals surface area contributed by atoms with E-state index in [9.17, 15) is 4.79 Å². The van der Waals surface area contributed by atoms with Gasteiger partial charge in [-0.3, -0.25) is 9.48 Å². The maximum absolute atomic E-state index is 12.0. The quantitative estimate of drug-likeness (QED) is 0.420. The summed E-state index contributed by atoms with van der Waals surface area (Å²) in [6, 6.07) is 5.48. The van der Waals surface area contributed by atoms with Crippen LogP contribution in [0.3, 0.4) is 0 Å². The number of carbonyl (C=O) groups is 1. The van der Waals surface area contributed by atoms with Crippen LogP contribution in [0.2, 0.25) is 5.02 Å². The highest BCUT2D eigenvalue weighted by Crippen LogP contribution is 2.35. The zero-order valence-corrected chi connectivity index (χ0v) is 18.2. The van der Waals surface area contributed by atoms with Gasteiger partial charge in [0.1, 0.15) is 5.56 Å². The summed E-state index contributed by atoms with van der Waals surface area (Å²) in [7, 11) is 0. The highest BCUT2D eigenvalue weighted by molar-refractivity contribution is 9.10. The normalized spacial score (nSPS) is 11.1. The highest BCUT2D eigenvalue weighted by atomic mass is 79.9. The zero-order valence-electron chi connectivity index (χ0n) is 15.8. The van der Waals surface area contributed by atoms with Crippen LogP contribution in [0.1, 0.15) is 68.6 Å². The third-order valence-electron chi connectivity index (χ3n) is 4.63. The lowest BCUT2D eigenvalue weighted by molar-refractivity contribution is 0.100. The number of aromatic nitrogens is 2. The number of nitrogens with zero attached hydrogens (tertiary/aromatic N) is 2. The van der Waals surface area contributed by atoms with Gasteiger partial charge in [-0.1, -0.05) is 79.4 Å². The number of hydrogen-bond acceptors (Lipinski definition) is 3. The number of nitrogens with two attached hydrogens (primary N) is 2. The van der Waals surface area contributed by atoms with E-state index in [0.29, 0.717) is 22.8 Å². The summed E-state index contributed by atoms with van der Waals surface area (Å²) >= 11 is 9.83. The number of anilines is 1. The summed E-state index contributed by atoms with van der Waals surface area (Å²) in [5.74, 6) is -0.450. The standard InChI is InChI=1S/C20H28BrClN4O/c1-2-3-4-5-6-7-8-9-12-26-18(17(20(24)27)19(23)25-26)15-13-14(21)10-11-16(15)22/h10-11,13H,2-9,12H2,1H3,(H2,23,25)(H2,24,27). The first kappa shape index (κ1) is 21.8. The summed E-state index contributed by atoms with van der Waals surface area (Å²) in [5, 5.41) is 4.88. The number of primary amides is 1. The molecule has 1 amide bonds. The SMILES string of the molecule is CCCCCCCCCCn1nc(N)c(C(N)=O)c1-c1cc(Br)ccc1Cl. The van der Waals surface area contributed by atoms with Gasteiger partial charge < -0.3 is 11.5 Å². The Morgan fingerprint density at radius 2 is 1.78 bits per heavy atom. The molecular formula is C20H28BrClN4O. The Morgan fingerprint density at radius 1 is 1.15 bits per heavy atom. The molecule has 0 saturated heterocycles. The average molecular weight is 456 g/mol. The van der Waals surface area contributed by atoms with Gasteiger partial charge in [0, 0.05) is 16.6 Å². The molecule has 0 atom stereocenters. The monoisotopic (exact) mass is 454 g/mol. The Morgan fingerprint density at radius 3 is 2.41 bits per heavy atom. The molecule has 2 aromatic rings. The van der Waals surface area contributed by atoms with E-state index >= 15 is 0 Å². The van der Waals surface area contributed by atoms with E-state index in [0.717, 1.165) is 17.3 Å². The fraction of sp³-hybridized carbons (Fsp3) is 0.500. The second kappa shape index (κ2) is 10.7. The number of carbonyl (C=O) groups excluding carboxylic acids is 1. The molecule has 2 rings (SSSR count). The van der Waals surface area contributed by atoms with E-state index in [-0.39, 0.29) is 11.4 Å². The van der Waals surface area contributed by atoms with Crippen molar-refractivity contribution in [1.29, 1.82) is 0 Å². The number of rotatable bonds is 11. The minimum atomic E-state index is -0.597. The molecule has 1 aromatic carbocycles. The second-order valence-electron chi connectivity index (χ2n) is 6.80. The predicted molar refractivity (Wildman–Crippen MR) is 116 cm³/mol. The molecule has 0 spiro atoms. The van der Waals surface area contributed by atoms with Gasteiger partial charge in [0.05, 0.1) is 10.7 Å². The predicted octanol–water partition coefficient (Wildman–Crippen LogP) is 5.79. The molecule has 0 saturated carbocycles. The Hall–Kier alpha value is -1.53. The largest absolute Gasteiger partial charge is 0.382 e. The van der Waals surface area contributed by atoms with Crippen LogP contribution in [0.25, 0.3) is 11.3 Å². The van der Waals surface area contributed by atoms with Gasteiger partial charge in [-0.05, 0) is 24.6 Å². The molecular weight excluding hydrogens is 428 g/mol.